The molecular formula is C77H128O20. The molecule has 9 saturated carbocycles. The maximum Gasteiger partial charge on any atom is 0.351 e. The molecule has 8 bridgehead atoms. The minimum Gasteiger partial charge on any atom is -0.463 e. The van der Waals surface area contributed by atoms with Gasteiger partial charge in [-0.1, -0.05) is 55.4 Å². The zero-order valence-corrected chi connectivity index (χ0v) is 63.6. The highest BCUT2D eigenvalue weighted by atomic mass is 16.6. The molecule has 7 atom stereocenters. The maximum atomic E-state index is 12.4. The van der Waals surface area contributed by atoms with E-state index in [9.17, 15) is 53.4 Å². The molecular weight excluding hydrogens is 1240 g/mol. The number of carbonyl (C=O) groups is 9. The van der Waals surface area contributed by atoms with E-state index in [1.807, 2.05) is 111 Å². The van der Waals surface area contributed by atoms with Gasteiger partial charge in [0.25, 0.3) is 0 Å². The van der Waals surface area contributed by atoms with Gasteiger partial charge in [0.05, 0.1) is 63.5 Å². The maximum absolute atomic E-state index is 12.4. The summed E-state index contributed by atoms with van der Waals surface area (Å²) in [5, 5.41) is 21.3. The molecule has 0 spiro atoms. The second-order valence-electron chi connectivity index (χ2n) is 35.0. The highest BCUT2D eigenvalue weighted by Crippen LogP contribution is 2.61. The van der Waals surface area contributed by atoms with E-state index in [1.54, 1.807) is 27.7 Å². The Morgan fingerprint density at radius 2 is 0.732 bits per heavy atom. The number of hydrogen-bond acceptors (Lipinski definition) is 20. The average Bonchev–Trinajstić information content (AvgIpc) is 1.34. The van der Waals surface area contributed by atoms with Crippen LogP contribution in [0.2, 0.25) is 0 Å². The first-order chi connectivity index (χ1) is 44.6. The van der Waals surface area contributed by atoms with Gasteiger partial charge < -0.3 is 52.8 Å². The Morgan fingerprint density at radius 3 is 0.990 bits per heavy atom. The van der Waals surface area contributed by atoms with Crippen LogP contribution in [0.1, 0.15) is 306 Å². The number of aliphatic hydroxyl groups is 2. The molecule has 3 heterocycles. The Kier molecular flexibility index (Phi) is 27.3. The molecule has 3 saturated heterocycles. The third kappa shape index (κ3) is 21.1. The van der Waals surface area contributed by atoms with E-state index < -0.39 is 74.0 Å². The molecule has 0 amide bonds. The van der Waals surface area contributed by atoms with E-state index in [2.05, 4.69) is 6.92 Å². The molecule has 12 aliphatic rings. The summed E-state index contributed by atoms with van der Waals surface area (Å²) < 4.78 is 47.6. The second kappa shape index (κ2) is 32.0. The van der Waals surface area contributed by atoms with Gasteiger partial charge >= 0.3 is 53.7 Å². The number of ether oxygens (including phenoxy) is 9. The summed E-state index contributed by atoms with van der Waals surface area (Å²) in [7, 11) is 0. The van der Waals surface area contributed by atoms with Crippen molar-refractivity contribution in [3.05, 3.63) is 0 Å². The quantitative estimate of drug-likeness (QED) is 0.0898. The minimum atomic E-state index is -1.08. The fourth-order valence-corrected chi connectivity index (χ4v) is 14.9. The van der Waals surface area contributed by atoms with Gasteiger partial charge in [-0.25, -0.2) is 14.4 Å². The number of carbonyl (C=O) groups excluding carboxylic acids is 9. The molecule has 0 radical (unpaired) electrons. The van der Waals surface area contributed by atoms with Gasteiger partial charge in [-0.15, -0.1) is 0 Å². The summed E-state index contributed by atoms with van der Waals surface area (Å²) in [5.41, 5.74) is -5.85. The van der Waals surface area contributed by atoms with Crippen LogP contribution < -0.4 is 0 Å². The molecule has 97 heavy (non-hydrogen) atoms. The van der Waals surface area contributed by atoms with Gasteiger partial charge in [-0.2, -0.15) is 0 Å². The molecule has 9 aliphatic carbocycles. The molecule has 20 heteroatoms. The van der Waals surface area contributed by atoms with E-state index in [0.717, 1.165) is 83.5 Å². The van der Waals surface area contributed by atoms with Gasteiger partial charge in [0, 0.05) is 38.0 Å². The number of esters is 9. The Morgan fingerprint density at radius 1 is 0.433 bits per heavy atom. The lowest BCUT2D eigenvalue weighted by atomic mass is 9.52. The Balaban J connectivity index is 0.000000212. The predicted octanol–water partition coefficient (Wildman–Crippen LogP) is 14.3. The van der Waals surface area contributed by atoms with Crippen molar-refractivity contribution in [1.29, 1.82) is 0 Å². The molecule has 556 valence electrons. The van der Waals surface area contributed by atoms with E-state index in [-0.39, 0.29) is 64.0 Å². The lowest BCUT2D eigenvalue weighted by Gasteiger charge is -2.59. The molecule has 7 unspecified atom stereocenters. The highest BCUT2D eigenvalue weighted by molar-refractivity contribution is 5.87. The van der Waals surface area contributed by atoms with Crippen LogP contribution in [0.5, 0.6) is 0 Å². The largest absolute Gasteiger partial charge is 0.463 e. The fraction of sp³-hybridized carbons (Fsp3) is 0.883. The summed E-state index contributed by atoms with van der Waals surface area (Å²) in [5.74, 6) is -0.289. The van der Waals surface area contributed by atoms with Crippen molar-refractivity contribution < 1.29 is 96.0 Å². The van der Waals surface area contributed by atoms with Crippen LogP contribution in [0, 0.1) is 62.1 Å². The van der Waals surface area contributed by atoms with Crippen LogP contribution in [0.4, 0.5) is 0 Å². The molecule has 2 N–H and O–H groups in total. The summed E-state index contributed by atoms with van der Waals surface area (Å²) in [4.78, 5) is 106. The van der Waals surface area contributed by atoms with Crippen molar-refractivity contribution in [3.8, 4) is 0 Å². The summed E-state index contributed by atoms with van der Waals surface area (Å²) >= 11 is 0. The molecule has 12 rings (SSSR count). The number of cyclic esters (lactones) is 3. The number of rotatable bonds is 19. The molecule has 12 fully saturated rings. The van der Waals surface area contributed by atoms with Gasteiger partial charge in [0.2, 0.25) is 17.8 Å². The van der Waals surface area contributed by atoms with Gasteiger partial charge in [-0.05, 0) is 242 Å². The van der Waals surface area contributed by atoms with Gasteiger partial charge in [0.1, 0.15) is 16.8 Å². The van der Waals surface area contributed by atoms with E-state index in [4.69, 9.17) is 42.6 Å². The zero-order chi connectivity index (χ0) is 73.4. The summed E-state index contributed by atoms with van der Waals surface area (Å²) in [6, 6.07) is 0. The van der Waals surface area contributed by atoms with Gasteiger partial charge in [-0.3, -0.25) is 28.8 Å². The third-order valence-electron chi connectivity index (χ3n) is 23.7. The highest BCUT2D eigenvalue weighted by Gasteiger charge is 2.61. The molecule has 0 aromatic rings. The van der Waals surface area contributed by atoms with Crippen LogP contribution in [-0.2, 0) is 85.8 Å². The van der Waals surface area contributed by atoms with Crippen molar-refractivity contribution in [3.63, 3.8) is 0 Å². The lowest BCUT2D eigenvalue weighted by Crippen LogP contribution is -2.61. The fourth-order valence-electron chi connectivity index (χ4n) is 14.9. The van der Waals surface area contributed by atoms with Crippen molar-refractivity contribution in [2.75, 3.05) is 19.8 Å². The third-order valence-corrected chi connectivity index (χ3v) is 23.7. The Bertz CT molecular complexity index is 2610. The van der Waals surface area contributed by atoms with Crippen molar-refractivity contribution in [1.82, 2.24) is 0 Å². The van der Waals surface area contributed by atoms with E-state index in [0.29, 0.717) is 94.9 Å². The predicted molar refractivity (Wildman–Crippen MR) is 364 cm³/mol. The van der Waals surface area contributed by atoms with Crippen LogP contribution in [0.25, 0.3) is 0 Å². The lowest BCUT2D eigenvalue weighted by molar-refractivity contribution is -0.226. The van der Waals surface area contributed by atoms with Crippen molar-refractivity contribution in [2.24, 2.45) is 62.1 Å². The first-order valence-corrected chi connectivity index (χ1v) is 36.9. The molecule has 3 aliphatic heterocycles. The topological polar surface area (TPSA) is 277 Å². The molecule has 20 nitrogen and oxygen atoms in total. The van der Waals surface area contributed by atoms with Crippen LogP contribution >= 0.6 is 0 Å². The molecule has 0 aromatic carbocycles. The van der Waals surface area contributed by atoms with Crippen molar-refractivity contribution in [2.45, 2.75) is 352 Å². The van der Waals surface area contributed by atoms with E-state index >= 15 is 0 Å². The number of hydrogen-bond donors (Lipinski definition) is 2. The van der Waals surface area contributed by atoms with Gasteiger partial charge in [0.15, 0.2) is 0 Å². The minimum absolute atomic E-state index is 0.0376. The Hall–Kier alpha value is -4.85. The van der Waals surface area contributed by atoms with Crippen LogP contribution in [0.3, 0.4) is 0 Å². The van der Waals surface area contributed by atoms with Crippen LogP contribution in [-0.4, -0.2) is 130 Å². The first kappa shape index (κ1) is 82.8. The monoisotopic (exact) mass is 1370 g/mol. The second-order valence-corrected chi connectivity index (χ2v) is 35.0. The van der Waals surface area contributed by atoms with Crippen molar-refractivity contribution >= 4 is 53.7 Å². The summed E-state index contributed by atoms with van der Waals surface area (Å²) in [6.07, 6.45) is 20.3. The summed E-state index contributed by atoms with van der Waals surface area (Å²) in [6.45, 7) is 41.2. The normalized spacial score (nSPS) is 31.1. The molecule has 0 aromatic heterocycles. The standard InChI is InChI=1S/2C16H26O3.C13H22O4.C12H22O2.2C10H16O4/c2*1-4-14(2,3)13(17)19-16-8-11-5-12(9-16)7-15(18,6-11)10-16;1-6-12(4,5)10(14)17-13(9(2)3)7-8-16-11(13)15;1-5-11(2,3)10(13)14-12(4)8-6-7-9-12;2*1-4-10(2,3)9(12)14-7-5-6-13-8(7)11/h2*11-12,18H,4-10H2,1-3H3;9H,6-8H2,1-5H3;5-9H2,1-4H3;2*7H,4-6H2,1-3H3. The van der Waals surface area contributed by atoms with Crippen LogP contribution in [0.15, 0.2) is 0 Å². The Labute approximate surface area is 581 Å². The first-order valence-electron chi connectivity index (χ1n) is 36.9. The zero-order valence-electron chi connectivity index (χ0n) is 63.6. The average molecular weight is 1370 g/mol. The smallest absolute Gasteiger partial charge is 0.351 e. The van der Waals surface area contributed by atoms with E-state index in [1.165, 1.54) is 25.7 Å². The SMILES string of the molecule is CCC(C)(C)C(=O)OC1(C(C)C)CCOC1=O.CCC(C)(C)C(=O)OC1(C)CCCC1.CCC(C)(C)C(=O)OC12CC3CC(CC(O)(C3)C1)C2.CCC(C)(C)C(=O)OC12CC3CC(CC(O)(C3)C1)C2.CCC(C)(C)C(=O)OC1CCOC1=O.CCC(C)(C)C(=O)OC1CCOC1=O.